The number of benzene rings is 1. The van der Waals surface area contributed by atoms with Crippen LogP contribution in [0.3, 0.4) is 0 Å². The Labute approximate surface area is 106 Å². The number of carbonyl (C=O) groups is 1. The molecule has 4 nitrogen and oxygen atoms in total. The summed E-state index contributed by atoms with van der Waals surface area (Å²) in [7, 11) is 1.86. The summed E-state index contributed by atoms with van der Waals surface area (Å²) in [5, 5.41) is 4.33. The normalized spacial score (nSPS) is 10.6. The summed E-state index contributed by atoms with van der Waals surface area (Å²) >= 11 is 0. The highest BCUT2D eigenvalue weighted by atomic mass is 16.1. The minimum atomic E-state index is 0.0629. The summed E-state index contributed by atoms with van der Waals surface area (Å²) in [5.74, 6) is 0.0629. The van der Waals surface area contributed by atoms with Gasteiger partial charge < -0.3 is 5.73 Å². The predicted molar refractivity (Wildman–Crippen MR) is 71.5 cm³/mol. The summed E-state index contributed by atoms with van der Waals surface area (Å²) in [6, 6.07) is 9.04. The number of Topliss-reactive ketones (excluding diaryl/α,β-unsaturated/α-hetero) is 1. The number of aryl methyl sites for hydroxylation is 2. The Morgan fingerprint density at radius 2 is 2.17 bits per heavy atom. The number of nitrogens with zero attached hydrogens (tertiary/aromatic N) is 2. The average molecular weight is 243 g/mol. The molecule has 0 atom stereocenters. The highest BCUT2D eigenvalue weighted by Gasteiger charge is 2.11. The van der Waals surface area contributed by atoms with Gasteiger partial charge >= 0.3 is 0 Å². The van der Waals surface area contributed by atoms with Crippen LogP contribution < -0.4 is 5.73 Å². The quantitative estimate of drug-likeness (QED) is 0.660. The molecule has 0 unspecified atom stereocenters. The third kappa shape index (κ3) is 2.59. The molecule has 0 amide bonds. The van der Waals surface area contributed by atoms with Crippen molar-refractivity contribution in [2.45, 2.75) is 19.8 Å². The van der Waals surface area contributed by atoms with E-state index in [4.69, 9.17) is 5.73 Å². The van der Waals surface area contributed by atoms with Gasteiger partial charge in [-0.2, -0.15) is 5.10 Å². The first-order valence-corrected chi connectivity index (χ1v) is 6.00. The van der Waals surface area contributed by atoms with Crippen molar-refractivity contribution in [2.24, 2.45) is 7.05 Å². The minimum absolute atomic E-state index is 0.0629. The van der Waals surface area contributed by atoms with Crippen molar-refractivity contribution in [1.29, 1.82) is 0 Å². The lowest BCUT2D eigenvalue weighted by Crippen LogP contribution is -2.08. The fraction of sp³-hybridized carbons (Fsp3) is 0.286. The van der Waals surface area contributed by atoms with E-state index >= 15 is 0 Å². The predicted octanol–water partition coefficient (Wildman–Crippen LogP) is 1.99. The van der Waals surface area contributed by atoms with Crippen LogP contribution in [0.2, 0.25) is 0 Å². The topological polar surface area (TPSA) is 60.9 Å². The monoisotopic (exact) mass is 243 g/mol. The van der Waals surface area contributed by atoms with Gasteiger partial charge in [-0.1, -0.05) is 19.1 Å². The van der Waals surface area contributed by atoms with Crippen molar-refractivity contribution < 1.29 is 4.79 Å². The first-order valence-electron chi connectivity index (χ1n) is 6.00. The summed E-state index contributed by atoms with van der Waals surface area (Å²) in [4.78, 5) is 12.1. The first-order chi connectivity index (χ1) is 8.60. The van der Waals surface area contributed by atoms with Crippen molar-refractivity contribution >= 4 is 11.5 Å². The molecule has 18 heavy (non-hydrogen) atoms. The number of hydrogen-bond donors (Lipinski definition) is 1. The molecular formula is C14H17N3O. The number of hydrogen-bond acceptors (Lipinski definition) is 3. The molecule has 0 spiro atoms. The molecule has 2 N–H and O–H groups in total. The largest absolute Gasteiger partial charge is 0.399 e. The lowest BCUT2D eigenvalue weighted by molar-refractivity contribution is 0.0991. The lowest BCUT2D eigenvalue weighted by atomic mass is 10.1. The van der Waals surface area contributed by atoms with Crippen LogP contribution >= 0.6 is 0 Å². The Morgan fingerprint density at radius 3 is 2.78 bits per heavy atom. The highest BCUT2D eigenvalue weighted by molar-refractivity contribution is 5.98. The third-order valence-electron chi connectivity index (χ3n) is 2.94. The number of rotatable bonds is 4. The number of aromatic nitrogens is 2. The van der Waals surface area contributed by atoms with Gasteiger partial charge in [-0.05, 0) is 24.6 Å². The van der Waals surface area contributed by atoms with Gasteiger partial charge in [0.05, 0.1) is 12.1 Å². The maximum Gasteiger partial charge on any atom is 0.168 e. The van der Waals surface area contributed by atoms with Crippen LogP contribution in [-0.4, -0.2) is 15.6 Å². The summed E-state index contributed by atoms with van der Waals surface area (Å²) in [5.41, 5.74) is 8.87. The van der Waals surface area contributed by atoms with Gasteiger partial charge in [0.25, 0.3) is 0 Å². The molecule has 2 aromatic rings. The Bertz CT molecular complexity index is 572. The van der Waals surface area contributed by atoms with E-state index in [0.29, 0.717) is 17.7 Å². The van der Waals surface area contributed by atoms with Gasteiger partial charge in [0.2, 0.25) is 0 Å². The van der Waals surface area contributed by atoms with Crippen LogP contribution in [-0.2, 0) is 19.9 Å². The van der Waals surface area contributed by atoms with Gasteiger partial charge in [-0.3, -0.25) is 9.48 Å². The molecule has 4 heteroatoms. The molecule has 1 aromatic heterocycles. The van der Waals surface area contributed by atoms with Crippen molar-refractivity contribution in [1.82, 2.24) is 9.78 Å². The number of nitrogen functional groups attached to an aromatic ring is 1. The molecule has 2 rings (SSSR count). The van der Waals surface area contributed by atoms with Crippen LogP contribution in [0, 0.1) is 0 Å². The van der Waals surface area contributed by atoms with Crippen molar-refractivity contribution in [3.63, 3.8) is 0 Å². The number of anilines is 1. The molecule has 0 fully saturated rings. The zero-order valence-corrected chi connectivity index (χ0v) is 10.7. The fourth-order valence-electron chi connectivity index (χ4n) is 1.89. The molecule has 94 valence electrons. The maximum atomic E-state index is 12.1. The van der Waals surface area contributed by atoms with Crippen molar-refractivity contribution in [3.8, 4) is 0 Å². The van der Waals surface area contributed by atoms with Crippen LogP contribution in [0.1, 0.15) is 28.7 Å². The van der Waals surface area contributed by atoms with Crippen molar-refractivity contribution in [3.05, 3.63) is 47.3 Å². The van der Waals surface area contributed by atoms with Gasteiger partial charge in [0, 0.05) is 24.0 Å². The van der Waals surface area contributed by atoms with Gasteiger partial charge in [-0.15, -0.1) is 0 Å². The zero-order valence-electron chi connectivity index (χ0n) is 10.7. The second-order valence-electron chi connectivity index (χ2n) is 4.33. The molecule has 1 aromatic carbocycles. The molecule has 0 saturated carbocycles. The van der Waals surface area contributed by atoms with Crippen LogP contribution in [0.5, 0.6) is 0 Å². The van der Waals surface area contributed by atoms with Crippen LogP contribution in [0.15, 0.2) is 30.3 Å². The standard InChI is InChI=1S/C14H17N3O/c1-3-12-8-13(17(2)16-12)9-14(18)10-5-4-6-11(15)7-10/h4-8H,3,9,15H2,1-2H3. The molecule has 1 heterocycles. The van der Waals surface area contributed by atoms with Crippen LogP contribution in [0.25, 0.3) is 0 Å². The Hall–Kier alpha value is -2.10. The Balaban J connectivity index is 2.18. The summed E-state index contributed by atoms with van der Waals surface area (Å²) in [6.07, 6.45) is 1.23. The first kappa shape index (κ1) is 12.4. The highest BCUT2D eigenvalue weighted by Crippen LogP contribution is 2.12. The smallest absolute Gasteiger partial charge is 0.168 e. The van der Waals surface area contributed by atoms with E-state index in [1.54, 1.807) is 28.9 Å². The second kappa shape index (κ2) is 5.04. The van der Waals surface area contributed by atoms with Gasteiger partial charge in [0.15, 0.2) is 5.78 Å². The SMILES string of the molecule is CCc1cc(CC(=O)c2cccc(N)c2)n(C)n1. The number of nitrogens with two attached hydrogens (primary N) is 1. The van der Waals surface area contributed by atoms with Crippen LogP contribution in [0.4, 0.5) is 5.69 Å². The lowest BCUT2D eigenvalue weighted by Gasteiger charge is -2.02. The van der Waals surface area contributed by atoms with E-state index in [-0.39, 0.29) is 5.78 Å². The minimum Gasteiger partial charge on any atom is -0.399 e. The van der Waals surface area contributed by atoms with E-state index in [1.807, 2.05) is 20.0 Å². The van der Waals surface area contributed by atoms with E-state index < -0.39 is 0 Å². The number of carbonyl (C=O) groups excluding carboxylic acids is 1. The van der Waals surface area contributed by atoms with Gasteiger partial charge in [0.1, 0.15) is 0 Å². The summed E-state index contributed by atoms with van der Waals surface area (Å²) in [6.45, 7) is 2.05. The second-order valence-corrected chi connectivity index (χ2v) is 4.33. The van der Waals surface area contributed by atoms with E-state index in [1.165, 1.54) is 0 Å². The van der Waals surface area contributed by atoms with E-state index in [0.717, 1.165) is 17.8 Å². The fourth-order valence-corrected chi connectivity index (χ4v) is 1.89. The molecule has 0 radical (unpaired) electrons. The maximum absolute atomic E-state index is 12.1. The Kier molecular flexibility index (Phi) is 3.46. The average Bonchev–Trinajstić information content (AvgIpc) is 2.70. The molecule has 0 saturated heterocycles. The third-order valence-corrected chi connectivity index (χ3v) is 2.94. The molecule has 0 aliphatic rings. The molecular weight excluding hydrogens is 226 g/mol. The van der Waals surface area contributed by atoms with E-state index in [2.05, 4.69) is 5.10 Å². The molecule has 0 bridgehead atoms. The zero-order chi connectivity index (χ0) is 13.1. The Morgan fingerprint density at radius 1 is 1.39 bits per heavy atom. The van der Waals surface area contributed by atoms with E-state index in [9.17, 15) is 4.79 Å². The van der Waals surface area contributed by atoms with Crippen molar-refractivity contribution in [2.75, 3.05) is 5.73 Å². The summed E-state index contributed by atoms with van der Waals surface area (Å²) < 4.78 is 1.77. The molecule has 0 aliphatic heterocycles. The molecule has 0 aliphatic carbocycles. The van der Waals surface area contributed by atoms with Gasteiger partial charge in [-0.25, -0.2) is 0 Å². The number of ketones is 1.